The molecule has 0 atom stereocenters. The highest BCUT2D eigenvalue weighted by Gasteiger charge is 2.07. The molecule has 0 heterocycles. The monoisotopic (exact) mass is 280 g/mol. The fourth-order valence-electron chi connectivity index (χ4n) is 1.99. The Bertz CT molecular complexity index is 657. The lowest BCUT2D eigenvalue weighted by atomic mass is 10.0. The lowest BCUT2D eigenvalue weighted by Crippen LogP contribution is -2.09. The standard InChI is InChI=1S/C17H16N2O2/c1-21-17(20)10-14-4-2-3-5-15(14)12-19-16-8-6-13(11-18)7-9-16/h2-9,19H,10,12H2,1H3. The van der Waals surface area contributed by atoms with Gasteiger partial charge in [-0.15, -0.1) is 0 Å². The van der Waals surface area contributed by atoms with Gasteiger partial charge in [0.05, 0.1) is 25.2 Å². The van der Waals surface area contributed by atoms with Crippen LogP contribution in [0.25, 0.3) is 0 Å². The number of esters is 1. The molecule has 0 aromatic heterocycles. The molecule has 0 saturated heterocycles. The van der Waals surface area contributed by atoms with E-state index in [1.165, 1.54) is 7.11 Å². The Hall–Kier alpha value is -2.80. The number of nitrogens with zero attached hydrogens (tertiary/aromatic N) is 1. The average molecular weight is 280 g/mol. The summed E-state index contributed by atoms with van der Waals surface area (Å²) >= 11 is 0. The van der Waals surface area contributed by atoms with Crippen molar-refractivity contribution in [2.75, 3.05) is 12.4 Å². The van der Waals surface area contributed by atoms with Gasteiger partial charge in [-0.25, -0.2) is 0 Å². The summed E-state index contributed by atoms with van der Waals surface area (Å²) in [6.07, 6.45) is 0.266. The fourth-order valence-corrected chi connectivity index (χ4v) is 1.99. The van der Waals surface area contributed by atoms with Crippen molar-refractivity contribution in [1.82, 2.24) is 0 Å². The van der Waals surface area contributed by atoms with E-state index in [2.05, 4.69) is 11.4 Å². The number of carbonyl (C=O) groups is 1. The van der Waals surface area contributed by atoms with Crippen molar-refractivity contribution in [3.63, 3.8) is 0 Å². The molecule has 4 nitrogen and oxygen atoms in total. The van der Waals surface area contributed by atoms with E-state index in [9.17, 15) is 4.79 Å². The van der Waals surface area contributed by atoms with Crippen molar-refractivity contribution < 1.29 is 9.53 Å². The second-order valence-electron chi connectivity index (χ2n) is 4.56. The number of nitriles is 1. The molecule has 106 valence electrons. The topological polar surface area (TPSA) is 62.1 Å². The highest BCUT2D eigenvalue weighted by molar-refractivity contribution is 5.72. The van der Waals surface area contributed by atoms with Crippen LogP contribution in [-0.4, -0.2) is 13.1 Å². The van der Waals surface area contributed by atoms with E-state index in [0.29, 0.717) is 12.1 Å². The Balaban J connectivity index is 2.05. The maximum atomic E-state index is 11.4. The number of benzene rings is 2. The fraction of sp³-hybridized carbons (Fsp3) is 0.176. The van der Waals surface area contributed by atoms with Crippen LogP contribution in [0.4, 0.5) is 5.69 Å². The molecule has 2 aromatic rings. The van der Waals surface area contributed by atoms with Crippen LogP contribution in [0.1, 0.15) is 16.7 Å². The Morgan fingerprint density at radius 1 is 1.14 bits per heavy atom. The van der Waals surface area contributed by atoms with Gasteiger partial charge in [-0.3, -0.25) is 4.79 Å². The molecule has 2 rings (SSSR count). The summed E-state index contributed by atoms with van der Waals surface area (Å²) < 4.78 is 4.71. The molecule has 2 aromatic carbocycles. The van der Waals surface area contributed by atoms with Gasteiger partial charge in [-0.05, 0) is 35.4 Å². The van der Waals surface area contributed by atoms with E-state index in [4.69, 9.17) is 10.00 Å². The summed E-state index contributed by atoms with van der Waals surface area (Å²) in [4.78, 5) is 11.4. The number of carbonyl (C=O) groups excluding carboxylic acids is 1. The molecule has 4 heteroatoms. The smallest absolute Gasteiger partial charge is 0.309 e. The highest BCUT2D eigenvalue weighted by Crippen LogP contribution is 2.14. The van der Waals surface area contributed by atoms with Crippen LogP contribution in [0.3, 0.4) is 0 Å². The molecule has 0 unspecified atom stereocenters. The maximum Gasteiger partial charge on any atom is 0.309 e. The molecule has 0 amide bonds. The maximum absolute atomic E-state index is 11.4. The molecule has 0 aliphatic rings. The summed E-state index contributed by atoms with van der Waals surface area (Å²) in [7, 11) is 1.39. The predicted octanol–water partition coefficient (Wildman–Crippen LogP) is 2.89. The van der Waals surface area contributed by atoms with Crippen molar-refractivity contribution >= 4 is 11.7 Å². The van der Waals surface area contributed by atoms with Gasteiger partial charge in [-0.2, -0.15) is 5.26 Å². The van der Waals surface area contributed by atoms with Crippen molar-refractivity contribution in [2.24, 2.45) is 0 Å². The number of anilines is 1. The third-order valence-corrected chi connectivity index (χ3v) is 3.18. The van der Waals surface area contributed by atoms with Crippen molar-refractivity contribution in [2.45, 2.75) is 13.0 Å². The summed E-state index contributed by atoms with van der Waals surface area (Å²) in [6.45, 7) is 0.610. The minimum absolute atomic E-state index is 0.249. The largest absolute Gasteiger partial charge is 0.469 e. The molecule has 0 aliphatic carbocycles. The average Bonchev–Trinajstić information content (AvgIpc) is 2.54. The van der Waals surface area contributed by atoms with E-state index >= 15 is 0 Å². The van der Waals surface area contributed by atoms with E-state index in [1.54, 1.807) is 12.1 Å². The third-order valence-electron chi connectivity index (χ3n) is 3.18. The number of ether oxygens (including phenoxy) is 1. The van der Waals surface area contributed by atoms with Crippen LogP contribution in [0.15, 0.2) is 48.5 Å². The molecule has 0 saturated carbocycles. The van der Waals surface area contributed by atoms with Gasteiger partial charge < -0.3 is 10.1 Å². The lowest BCUT2D eigenvalue weighted by Gasteiger charge is -2.11. The Morgan fingerprint density at radius 2 is 1.81 bits per heavy atom. The zero-order valence-corrected chi connectivity index (χ0v) is 11.8. The van der Waals surface area contributed by atoms with Gasteiger partial charge in [0.1, 0.15) is 0 Å². The minimum atomic E-state index is -0.249. The van der Waals surface area contributed by atoms with E-state index in [1.807, 2.05) is 36.4 Å². The van der Waals surface area contributed by atoms with Crippen LogP contribution in [0.2, 0.25) is 0 Å². The number of rotatable bonds is 5. The first-order chi connectivity index (χ1) is 10.2. The molecular formula is C17H16N2O2. The van der Waals surface area contributed by atoms with Gasteiger partial charge in [-0.1, -0.05) is 24.3 Å². The Kier molecular flexibility index (Phi) is 4.94. The van der Waals surface area contributed by atoms with Crippen molar-refractivity contribution in [1.29, 1.82) is 5.26 Å². The number of hydrogen-bond acceptors (Lipinski definition) is 4. The summed E-state index contributed by atoms with van der Waals surface area (Å²) in [5, 5.41) is 12.0. The van der Waals surface area contributed by atoms with E-state index in [0.717, 1.165) is 16.8 Å². The van der Waals surface area contributed by atoms with Crippen LogP contribution in [0, 0.1) is 11.3 Å². The van der Waals surface area contributed by atoms with Crippen LogP contribution in [-0.2, 0) is 22.5 Å². The Morgan fingerprint density at radius 3 is 2.43 bits per heavy atom. The first-order valence-electron chi connectivity index (χ1n) is 6.60. The van der Waals surface area contributed by atoms with Crippen molar-refractivity contribution in [3.8, 4) is 6.07 Å². The van der Waals surface area contributed by atoms with E-state index < -0.39 is 0 Å². The number of methoxy groups -OCH3 is 1. The van der Waals surface area contributed by atoms with Crippen molar-refractivity contribution in [3.05, 3.63) is 65.2 Å². The molecule has 0 fully saturated rings. The SMILES string of the molecule is COC(=O)Cc1ccccc1CNc1ccc(C#N)cc1. The van der Waals surface area contributed by atoms with Crippen LogP contribution < -0.4 is 5.32 Å². The molecular weight excluding hydrogens is 264 g/mol. The summed E-state index contributed by atoms with van der Waals surface area (Å²) in [5.74, 6) is -0.249. The van der Waals surface area contributed by atoms with Crippen LogP contribution in [0.5, 0.6) is 0 Å². The lowest BCUT2D eigenvalue weighted by molar-refractivity contribution is -0.139. The minimum Gasteiger partial charge on any atom is -0.469 e. The van der Waals surface area contributed by atoms with Gasteiger partial charge in [0, 0.05) is 12.2 Å². The highest BCUT2D eigenvalue weighted by atomic mass is 16.5. The summed E-state index contributed by atoms with van der Waals surface area (Å²) in [6, 6.07) is 17.1. The normalized spacial score (nSPS) is 9.71. The molecule has 0 radical (unpaired) electrons. The zero-order chi connectivity index (χ0) is 15.1. The Labute approximate surface area is 124 Å². The van der Waals surface area contributed by atoms with Gasteiger partial charge in [0.15, 0.2) is 0 Å². The van der Waals surface area contributed by atoms with Crippen LogP contribution >= 0.6 is 0 Å². The molecule has 1 N–H and O–H groups in total. The third kappa shape index (κ3) is 4.08. The van der Waals surface area contributed by atoms with E-state index in [-0.39, 0.29) is 12.4 Å². The molecule has 0 bridgehead atoms. The van der Waals surface area contributed by atoms with Gasteiger partial charge >= 0.3 is 5.97 Å². The van der Waals surface area contributed by atoms with Gasteiger partial charge in [0.25, 0.3) is 0 Å². The summed E-state index contributed by atoms with van der Waals surface area (Å²) in [5.41, 5.74) is 3.56. The second-order valence-corrected chi connectivity index (χ2v) is 4.56. The molecule has 0 spiro atoms. The molecule has 0 aliphatic heterocycles. The molecule has 21 heavy (non-hydrogen) atoms. The first kappa shape index (κ1) is 14.6. The van der Waals surface area contributed by atoms with Gasteiger partial charge in [0.2, 0.25) is 0 Å². The predicted molar refractivity (Wildman–Crippen MR) is 80.6 cm³/mol. The zero-order valence-electron chi connectivity index (χ0n) is 11.8. The number of nitrogens with one attached hydrogen (secondary N) is 1. The quantitative estimate of drug-likeness (QED) is 0.855. The second kappa shape index (κ2) is 7.11. The number of hydrogen-bond donors (Lipinski definition) is 1. The first-order valence-corrected chi connectivity index (χ1v) is 6.60.